The first-order valence-corrected chi connectivity index (χ1v) is 7.71. The molecule has 0 atom stereocenters. The Hall–Kier alpha value is -1.73. The minimum atomic E-state index is -0.901. The van der Waals surface area contributed by atoms with Gasteiger partial charge in [0.1, 0.15) is 5.75 Å². The Labute approximate surface area is 129 Å². The van der Waals surface area contributed by atoms with Crippen LogP contribution < -0.4 is 0 Å². The van der Waals surface area contributed by atoms with Gasteiger partial charge >= 0.3 is 5.97 Å². The zero-order valence-corrected chi connectivity index (χ0v) is 12.4. The number of aromatic hydroxyl groups is 1. The fourth-order valence-electron chi connectivity index (χ4n) is 2.03. The van der Waals surface area contributed by atoms with Crippen molar-refractivity contribution in [1.82, 2.24) is 14.8 Å². The van der Waals surface area contributed by atoms with Gasteiger partial charge in [0.15, 0.2) is 11.0 Å². The molecule has 0 unspecified atom stereocenters. The van der Waals surface area contributed by atoms with Gasteiger partial charge in [-0.2, -0.15) is 0 Å². The van der Waals surface area contributed by atoms with Gasteiger partial charge in [0.2, 0.25) is 0 Å². The van der Waals surface area contributed by atoms with Gasteiger partial charge in [-0.3, -0.25) is 9.36 Å². The SMILES string of the molecule is O=C(O)CSc1nnc(-c2cc(O)ccc2Cl)n1C1CC1. The minimum absolute atomic E-state index is 0.0708. The lowest BCUT2D eigenvalue weighted by Crippen LogP contribution is -2.03. The highest BCUT2D eigenvalue weighted by molar-refractivity contribution is 7.99. The number of carbonyl (C=O) groups is 1. The molecule has 6 nitrogen and oxygen atoms in total. The van der Waals surface area contributed by atoms with Crippen molar-refractivity contribution in [3.63, 3.8) is 0 Å². The second-order valence-electron chi connectivity index (χ2n) is 4.75. The summed E-state index contributed by atoms with van der Waals surface area (Å²) in [5, 5.41) is 27.7. The van der Waals surface area contributed by atoms with Crippen LogP contribution in [0.4, 0.5) is 0 Å². The molecule has 0 aliphatic heterocycles. The summed E-state index contributed by atoms with van der Waals surface area (Å²) >= 11 is 7.30. The van der Waals surface area contributed by atoms with Gasteiger partial charge in [-0.25, -0.2) is 0 Å². The fraction of sp³-hybridized carbons (Fsp3) is 0.308. The molecule has 2 aromatic rings. The molecule has 2 N–H and O–H groups in total. The van der Waals surface area contributed by atoms with E-state index >= 15 is 0 Å². The van der Waals surface area contributed by atoms with Crippen LogP contribution in [0.3, 0.4) is 0 Å². The average molecular weight is 326 g/mol. The lowest BCUT2D eigenvalue weighted by molar-refractivity contribution is -0.133. The number of phenols is 1. The summed E-state index contributed by atoms with van der Waals surface area (Å²) in [5.74, 6) is -0.313. The lowest BCUT2D eigenvalue weighted by atomic mass is 10.2. The Morgan fingerprint density at radius 2 is 2.19 bits per heavy atom. The number of thioether (sulfide) groups is 1. The third-order valence-corrected chi connectivity index (χ3v) is 4.35. The molecule has 1 aliphatic carbocycles. The number of aliphatic carboxylic acids is 1. The highest BCUT2D eigenvalue weighted by Crippen LogP contribution is 2.42. The maximum absolute atomic E-state index is 10.7. The van der Waals surface area contributed by atoms with Crippen molar-refractivity contribution in [1.29, 1.82) is 0 Å². The normalized spacial score (nSPS) is 14.3. The lowest BCUT2D eigenvalue weighted by Gasteiger charge is -2.09. The van der Waals surface area contributed by atoms with Crippen molar-refractivity contribution in [2.45, 2.75) is 24.0 Å². The number of phenolic OH excluding ortho intramolecular Hbond substituents is 1. The van der Waals surface area contributed by atoms with E-state index in [4.69, 9.17) is 16.7 Å². The van der Waals surface area contributed by atoms with Gasteiger partial charge in [-0.05, 0) is 31.0 Å². The summed E-state index contributed by atoms with van der Waals surface area (Å²) < 4.78 is 1.91. The van der Waals surface area contributed by atoms with Crippen LogP contribution in [0.1, 0.15) is 18.9 Å². The first-order valence-electron chi connectivity index (χ1n) is 6.34. The summed E-state index contributed by atoms with van der Waals surface area (Å²) in [7, 11) is 0. The molecule has 3 rings (SSSR count). The van der Waals surface area contributed by atoms with Crippen LogP contribution in [-0.4, -0.2) is 36.7 Å². The van der Waals surface area contributed by atoms with Gasteiger partial charge in [-0.1, -0.05) is 23.4 Å². The molecular formula is C13H12ClN3O3S. The van der Waals surface area contributed by atoms with Crippen molar-refractivity contribution in [3.8, 4) is 17.1 Å². The topological polar surface area (TPSA) is 88.2 Å². The third-order valence-electron chi connectivity index (χ3n) is 3.09. The number of halogens is 1. The van der Waals surface area contributed by atoms with Crippen LogP contribution in [0.2, 0.25) is 5.02 Å². The second-order valence-corrected chi connectivity index (χ2v) is 6.10. The van der Waals surface area contributed by atoms with Crippen LogP contribution in [0.5, 0.6) is 5.75 Å². The van der Waals surface area contributed by atoms with Gasteiger partial charge in [0.25, 0.3) is 0 Å². The molecule has 0 bridgehead atoms. The number of hydrogen-bond donors (Lipinski definition) is 2. The van der Waals surface area contributed by atoms with Crippen LogP contribution in [0, 0.1) is 0 Å². The molecule has 0 amide bonds. The van der Waals surface area contributed by atoms with Crippen molar-refractivity contribution in [2.75, 3.05) is 5.75 Å². The van der Waals surface area contributed by atoms with E-state index in [1.54, 1.807) is 6.07 Å². The Morgan fingerprint density at radius 1 is 1.43 bits per heavy atom. The maximum Gasteiger partial charge on any atom is 0.313 e. The Bertz CT molecular complexity index is 700. The van der Waals surface area contributed by atoms with Gasteiger partial charge in [0, 0.05) is 11.6 Å². The Morgan fingerprint density at radius 3 is 2.86 bits per heavy atom. The van der Waals surface area contributed by atoms with E-state index in [0.717, 1.165) is 24.6 Å². The number of aromatic nitrogens is 3. The molecule has 1 fully saturated rings. The van der Waals surface area contributed by atoms with E-state index in [-0.39, 0.29) is 17.5 Å². The zero-order valence-electron chi connectivity index (χ0n) is 10.9. The molecule has 1 aromatic carbocycles. The number of benzene rings is 1. The molecule has 1 aliphatic rings. The van der Waals surface area contributed by atoms with E-state index in [9.17, 15) is 9.90 Å². The summed E-state index contributed by atoms with van der Waals surface area (Å²) in [6, 6.07) is 4.91. The van der Waals surface area contributed by atoms with Crippen molar-refractivity contribution >= 4 is 29.3 Å². The molecule has 1 heterocycles. The minimum Gasteiger partial charge on any atom is -0.508 e. The molecule has 8 heteroatoms. The van der Waals surface area contributed by atoms with Crippen LogP contribution >= 0.6 is 23.4 Å². The van der Waals surface area contributed by atoms with Crippen LogP contribution in [0.15, 0.2) is 23.4 Å². The second kappa shape index (κ2) is 5.57. The monoisotopic (exact) mass is 325 g/mol. The highest BCUT2D eigenvalue weighted by atomic mass is 35.5. The average Bonchev–Trinajstić information content (AvgIpc) is 3.19. The van der Waals surface area contributed by atoms with Gasteiger partial charge in [-0.15, -0.1) is 10.2 Å². The Balaban J connectivity index is 2.02. The Kier molecular flexibility index (Phi) is 3.77. The largest absolute Gasteiger partial charge is 0.508 e. The molecule has 1 aromatic heterocycles. The summed E-state index contributed by atoms with van der Waals surface area (Å²) in [6.07, 6.45) is 2.00. The molecule has 0 saturated heterocycles. The number of carboxylic acids is 1. The van der Waals surface area contributed by atoms with Crippen molar-refractivity contribution in [2.24, 2.45) is 0 Å². The van der Waals surface area contributed by atoms with Crippen LogP contribution in [0.25, 0.3) is 11.4 Å². The molecule has 21 heavy (non-hydrogen) atoms. The fourth-order valence-corrected chi connectivity index (χ4v) is 2.96. The summed E-state index contributed by atoms with van der Waals surface area (Å²) in [6.45, 7) is 0. The quantitative estimate of drug-likeness (QED) is 0.822. The maximum atomic E-state index is 10.7. The van der Waals surface area contributed by atoms with Gasteiger partial charge < -0.3 is 10.2 Å². The van der Waals surface area contributed by atoms with Crippen molar-refractivity contribution in [3.05, 3.63) is 23.2 Å². The third kappa shape index (κ3) is 2.98. The first-order chi connectivity index (χ1) is 10.1. The number of hydrogen-bond acceptors (Lipinski definition) is 5. The number of rotatable bonds is 5. The number of carboxylic acid groups (broad SMARTS) is 1. The highest BCUT2D eigenvalue weighted by Gasteiger charge is 2.31. The molecule has 110 valence electrons. The first kappa shape index (κ1) is 14.2. The summed E-state index contributed by atoms with van der Waals surface area (Å²) in [4.78, 5) is 10.7. The summed E-state index contributed by atoms with van der Waals surface area (Å²) in [5.41, 5.74) is 0.596. The predicted molar refractivity (Wildman–Crippen MR) is 78.8 cm³/mol. The van der Waals surface area contributed by atoms with Gasteiger partial charge in [0.05, 0.1) is 10.8 Å². The number of nitrogens with zero attached hydrogens (tertiary/aromatic N) is 3. The molecular weight excluding hydrogens is 314 g/mol. The molecule has 0 spiro atoms. The smallest absolute Gasteiger partial charge is 0.313 e. The van der Waals surface area contributed by atoms with E-state index < -0.39 is 5.97 Å². The standard InChI is InChI=1S/C13H12ClN3O3S/c14-10-4-3-8(18)5-9(10)12-15-16-13(21-6-11(19)20)17(12)7-1-2-7/h3-5,7,18H,1-2,6H2,(H,19,20). The van der Waals surface area contributed by atoms with E-state index in [1.165, 1.54) is 12.1 Å². The van der Waals surface area contributed by atoms with Crippen LogP contribution in [-0.2, 0) is 4.79 Å². The molecule has 0 radical (unpaired) electrons. The van der Waals surface area contributed by atoms with Crippen molar-refractivity contribution < 1.29 is 15.0 Å². The zero-order chi connectivity index (χ0) is 15.0. The predicted octanol–water partition coefficient (Wildman–Crippen LogP) is 2.82. The molecule has 1 saturated carbocycles. The van der Waals surface area contributed by atoms with E-state index in [1.807, 2.05) is 4.57 Å². The van der Waals surface area contributed by atoms with E-state index in [0.29, 0.717) is 21.6 Å². The van der Waals surface area contributed by atoms with E-state index in [2.05, 4.69) is 10.2 Å².